The number of benzene rings is 9. The van der Waals surface area contributed by atoms with Crippen molar-refractivity contribution in [1.29, 1.82) is 0 Å². The monoisotopic (exact) mass is 1410 g/mol. The third kappa shape index (κ3) is 12.1. The first-order chi connectivity index (χ1) is 50.9. The average molecular weight is 1410 g/mol. The van der Waals surface area contributed by atoms with E-state index in [4.69, 9.17) is 4.74 Å². The van der Waals surface area contributed by atoms with Crippen molar-refractivity contribution in [1.82, 2.24) is 34.5 Å². The van der Waals surface area contributed by atoms with E-state index in [-0.39, 0.29) is 53.6 Å². The Morgan fingerprint density at radius 1 is 0.590 bits per heavy atom. The number of aromatic amines is 1. The number of H-pyrrole nitrogens is 1. The smallest absolute Gasteiger partial charge is 0.335 e. The minimum atomic E-state index is -0.995. The minimum absolute atomic E-state index is 0.00585. The van der Waals surface area contributed by atoms with Gasteiger partial charge in [0.2, 0.25) is 0 Å². The SMILES string of the molecule is CC(C)(CO)c1c(-c2ccc(C(=O)O)cc2)c2cc3[nH]ncc3cc2n1-c1ccc(F)cc1.O=C(O)c1ccc(-c2c(C3(CO)CCC3)n(-c3ccc(F)cc3)c3cc4c(cc23)CN=C4)cc1.O=C1NC(=O)C(c2ccc(-c3c(C4CCOCC4)n(-c4ccc(F)cc4)c4cc5c(cc34)CN=C5)cc2)N1. The van der Waals surface area contributed by atoms with E-state index in [0.717, 1.165) is 160 Å². The molecular formula is C84H70F3N9O9. The molecule has 13 aromatic rings. The van der Waals surface area contributed by atoms with E-state index < -0.39 is 34.8 Å². The molecule has 7 N–H and O–H groups in total. The highest BCUT2D eigenvalue weighted by atomic mass is 19.1. The van der Waals surface area contributed by atoms with Crippen LogP contribution < -0.4 is 10.6 Å². The summed E-state index contributed by atoms with van der Waals surface area (Å²) in [6, 6.07) is 52.3. The molecule has 18 rings (SSSR count). The number of ether oxygens (including phenoxy) is 1. The number of nitrogens with one attached hydrogen (secondary N) is 3. The van der Waals surface area contributed by atoms with Crippen molar-refractivity contribution in [3.63, 3.8) is 0 Å². The van der Waals surface area contributed by atoms with Gasteiger partial charge in [0.15, 0.2) is 0 Å². The number of aliphatic imine (C=N–C) groups is 2. The van der Waals surface area contributed by atoms with E-state index in [1.165, 1.54) is 47.7 Å². The molecule has 3 fully saturated rings. The van der Waals surface area contributed by atoms with Crippen LogP contribution in [0.15, 0.2) is 198 Å². The van der Waals surface area contributed by atoms with Gasteiger partial charge in [-0.3, -0.25) is 25.2 Å². The molecule has 1 saturated carbocycles. The van der Waals surface area contributed by atoms with Gasteiger partial charge in [0.25, 0.3) is 5.91 Å². The first kappa shape index (κ1) is 67.4. The first-order valence-electron chi connectivity index (χ1n) is 34.8. The van der Waals surface area contributed by atoms with Crippen LogP contribution in [0.2, 0.25) is 0 Å². The van der Waals surface area contributed by atoms with Gasteiger partial charge in [-0.05, 0) is 204 Å². The number of aromatic carboxylic acids is 2. The fourth-order valence-corrected chi connectivity index (χ4v) is 15.7. The molecule has 1 aliphatic carbocycles. The lowest BCUT2D eigenvalue weighted by Gasteiger charge is -2.42. The molecule has 105 heavy (non-hydrogen) atoms. The number of fused-ring (bicyclic) bond motifs is 6. The van der Waals surface area contributed by atoms with E-state index in [0.29, 0.717) is 26.3 Å². The van der Waals surface area contributed by atoms with Crippen LogP contribution in [-0.2, 0) is 33.5 Å². The molecule has 0 radical (unpaired) electrons. The Kier molecular flexibility index (Phi) is 17.3. The summed E-state index contributed by atoms with van der Waals surface area (Å²) in [4.78, 5) is 55.6. The highest BCUT2D eigenvalue weighted by molar-refractivity contribution is 6.09. The number of carboxylic acid groups (broad SMARTS) is 2. The van der Waals surface area contributed by atoms with Crippen molar-refractivity contribution in [3.05, 3.63) is 262 Å². The first-order valence-corrected chi connectivity index (χ1v) is 34.8. The second kappa shape index (κ2) is 27.0. The lowest BCUT2D eigenvalue weighted by Crippen LogP contribution is -2.40. The standard InChI is InChI=1S/C30H25FN4O3.C28H23FN2O3.C26H22FN3O3/c31-22-5-7-23(8-6-22)35-25-14-21-16-32-15-20(21)13-24(25)26(28(35)19-9-11-38-12-10-19)17-1-3-18(4-2-17)27-29(36)34-30(37)33-27;29-21-6-8-22(9-7-21)31-24-13-20-15-30-14-19(20)12-23(24)25(26(31)28(16-32)10-1-11-28)17-2-4-18(5-3-17)27(33)34;1-26(2,14-31)24-23(15-3-5-16(6-4-15)25(32)33)20-12-21-17(13-28-29-21)11-22(20)30(24)19-9-7-18(27)8-10-19/h1-8,13-14,16,19,27H,9-12,15H2,(H2,33,34,36,37);2-9,12-13,15,32H,1,10-11,14,16H2,(H,33,34);3-13,31H,14H2,1-2H3,(H,28,29)(H,32,33). The number of carbonyl (C=O) groups excluding carboxylic acids is 2. The Morgan fingerprint density at radius 2 is 1.08 bits per heavy atom. The second-order valence-electron chi connectivity index (χ2n) is 28.0. The number of halogens is 3. The summed E-state index contributed by atoms with van der Waals surface area (Å²) in [7, 11) is 0. The summed E-state index contributed by atoms with van der Waals surface area (Å²) < 4.78 is 53.7. The minimum Gasteiger partial charge on any atom is -0.478 e. The molecule has 1 atom stereocenters. The molecule has 5 aliphatic rings. The molecule has 3 amide bonds. The lowest BCUT2D eigenvalue weighted by molar-refractivity contribution is -0.120. The average Bonchev–Trinajstić information content (AvgIpc) is 1.59. The zero-order chi connectivity index (χ0) is 72.6. The Morgan fingerprint density at radius 3 is 1.58 bits per heavy atom. The maximum absolute atomic E-state index is 13.9. The van der Waals surface area contributed by atoms with Crippen LogP contribution in [0, 0.1) is 17.5 Å². The lowest BCUT2D eigenvalue weighted by atomic mass is 9.65. The van der Waals surface area contributed by atoms with Crippen LogP contribution in [0.3, 0.4) is 0 Å². The van der Waals surface area contributed by atoms with Crippen LogP contribution in [0.1, 0.15) is 124 Å². The molecule has 21 heteroatoms. The molecule has 8 heterocycles. The van der Waals surface area contributed by atoms with Crippen molar-refractivity contribution < 1.29 is 57.5 Å². The Balaban J connectivity index is 0.000000121. The van der Waals surface area contributed by atoms with Crippen molar-refractivity contribution in [2.75, 3.05) is 26.4 Å². The third-order valence-electron chi connectivity index (χ3n) is 21.2. The van der Waals surface area contributed by atoms with Gasteiger partial charge >= 0.3 is 18.0 Å². The highest BCUT2D eigenvalue weighted by Gasteiger charge is 2.44. The number of aliphatic hydroxyl groups is 2. The fourth-order valence-electron chi connectivity index (χ4n) is 15.7. The maximum atomic E-state index is 13.9. The number of rotatable bonds is 14. The van der Waals surface area contributed by atoms with E-state index in [1.54, 1.807) is 66.9 Å². The van der Waals surface area contributed by atoms with Crippen LogP contribution in [0.25, 0.3) is 94.1 Å². The number of urea groups is 1. The van der Waals surface area contributed by atoms with E-state index in [9.17, 15) is 52.8 Å². The van der Waals surface area contributed by atoms with Gasteiger partial charge in [0, 0.05) is 115 Å². The number of hydrogen-bond donors (Lipinski definition) is 7. The molecule has 4 aliphatic heterocycles. The quantitative estimate of drug-likeness (QED) is 0.0507. The molecule has 2 saturated heterocycles. The van der Waals surface area contributed by atoms with E-state index >= 15 is 0 Å². The largest absolute Gasteiger partial charge is 0.478 e. The van der Waals surface area contributed by atoms with Crippen molar-refractivity contribution >= 4 is 79.9 Å². The predicted octanol–water partition coefficient (Wildman–Crippen LogP) is 15.9. The number of imide groups is 1. The van der Waals surface area contributed by atoms with E-state index in [1.807, 2.05) is 91.5 Å². The van der Waals surface area contributed by atoms with E-state index in [2.05, 4.69) is 64.2 Å². The summed E-state index contributed by atoms with van der Waals surface area (Å²) in [5.74, 6) is -2.98. The Hall–Kier alpha value is -12.0. The van der Waals surface area contributed by atoms with Gasteiger partial charge in [0.05, 0.1) is 65.7 Å². The molecule has 9 aromatic carbocycles. The van der Waals surface area contributed by atoms with Crippen LogP contribution in [0.5, 0.6) is 0 Å². The Bertz CT molecular complexity index is 5690. The molecule has 0 spiro atoms. The highest BCUT2D eigenvalue weighted by Crippen LogP contribution is 2.53. The van der Waals surface area contributed by atoms with Gasteiger partial charge in [0.1, 0.15) is 23.5 Å². The summed E-state index contributed by atoms with van der Waals surface area (Å²) in [5, 5.41) is 55.8. The summed E-state index contributed by atoms with van der Waals surface area (Å²) in [5.41, 5.74) is 19.5. The zero-order valence-electron chi connectivity index (χ0n) is 57.1. The van der Waals surface area contributed by atoms with Gasteiger partial charge in [-0.25, -0.2) is 27.6 Å². The number of nitrogens with zero attached hydrogens (tertiary/aromatic N) is 6. The van der Waals surface area contributed by atoms with Crippen molar-refractivity contribution in [2.24, 2.45) is 9.98 Å². The van der Waals surface area contributed by atoms with Crippen molar-refractivity contribution in [2.45, 2.75) is 81.8 Å². The summed E-state index contributed by atoms with van der Waals surface area (Å²) in [6.45, 7) is 6.42. The van der Waals surface area contributed by atoms with Gasteiger partial charge in [-0.1, -0.05) is 68.8 Å². The van der Waals surface area contributed by atoms with Gasteiger partial charge < -0.3 is 44.2 Å². The molecule has 526 valence electrons. The molecular weight excluding hydrogens is 1340 g/mol. The molecule has 0 bridgehead atoms. The number of carbonyl (C=O) groups is 4. The number of aliphatic hydroxyl groups excluding tert-OH is 2. The molecule has 4 aromatic heterocycles. The molecule has 18 nitrogen and oxygen atoms in total. The number of carboxylic acids is 2. The second-order valence-corrected chi connectivity index (χ2v) is 28.0. The number of hydrogen-bond acceptors (Lipinski definition) is 10. The topological polar surface area (TPSA) is 251 Å². The predicted molar refractivity (Wildman–Crippen MR) is 397 cm³/mol. The van der Waals surface area contributed by atoms with Crippen LogP contribution in [0.4, 0.5) is 18.0 Å². The van der Waals surface area contributed by atoms with Crippen LogP contribution in [-0.4, -0.2) is 107 Å². The molecule has 1 unspecified atom stereocenters. The zero-order valence-corrected chi connectivity index (χ0v) is 57.1. The fraction of sp³-hybridized carbons (Fsp3) is 0.202. The number of aromatic nitrogens is 5. The maximum Gasteiger partial charge on any atom is 0.335 e. The van der Waals surface area contributed by atoms with Crippen LogP contribution >= 0.6 is 0 Å². The summed E-state index contributed by atoms with van der Waals surface area (Å²) in [6.07, 6.45) is 10.0. The third-order valence-corrected chi connectivity index (χ3v) is 21.2. The number of amides is 3. The van der Waals surface area contributed by atoms with Gasteiger partial charge in [-0.15, -0.1) is 0 Å². The Labute approximate surface area is 599 Å². The van der Waals surface area contributed by atoms with Gasteiger partial charge in [-0.2, -0.15) is 5.10 Å². The summed E-state index contributed by atoms with van der Waals surface area (Å²) >= 11 is 0. The normalized spacial score (nSPS) is 15.9. The van der Waals surface area contributed by atoms with Crippen molar-refractivity contribution in [3.8, 4) is 50.4 Å².